The standard InChI is InChI=1S/C12H13F2NO2/c1-3-17-12(16)8(2)7-15-9-4-5-10(13)11(14)6-9/h4-6,15H,2-3,7H2,1H3. The predicted octanol–water partition coefficient (Wildman–Crippen LogP) is 2.50. The average molecular weight is 241 g/mol. The van der Waals surface area contributed by atoms with Gasteiger partial charge < -0.3 is 10.1 Å². The second-order valence-electron chi connectivity index (χ2n) is 3.31. The van der Waals surface area contributed by atoms with Crippen molar-refractivity contribution >= 4 is 11.7 Å². The molecule has 0 unspecified atom stereocenters. The highest BCUT2D eigenvalue weighted by Gasteiger charge is 2.08. The van der Waals surface area contributed by atoms with E-state index < -0.39 is 17.6 Å². The van der Waals surface area contributed by atoms with Crippen molar-refractivity contribution in [3.8, 4) is 0 Å². The second kappa shape index (κ2) is 5.98. The zero-order valence-electron chi connectivity index (χ0n) is 9.43. The first-order valence-electron chi connectivity index (χ1n) is 5.08. The van der Waals surface area contributed by atoms with Crippen LogP contribution in [0.5, 0.6) is 0 Å². The molecule has 1 aromatic carbocycles. The third-order valence-corrected chi connectivity index (χ3v) is 1.99. The number of carbonyl (C=O) groups is 1. The van der Waals surface area contributed by atoms with Crippen molar-refractivity contribution in [2.45, 2.75) is 6.92 Å². The van der Waals surface area contributed by atoms with E-state index in [1.165, 1.54) is 6.07 Å². The Morgan fingerprint density at radius 1 is 1.41 bits per heavy atom. The molecule has 0 radical (unpaired) electrons. The van der Waals surface area contributed by atoms with Gasteiger partial charge in [0.25, 0.3) is 0 Å². The van der Waals surface area contributed by atoms with Crippen molar-refractivity contribution in [3.63, 3.8) is 0 Å². The fourth-order valence-corrected chi connectivity index (χ4v) is 1.12. The van der Waals surface area contributed by atoms with Gasteiger partial charge in [0.2, 0.25) is 0 Å². The first kappa shape index (κ1) is 13.2. The monoisotopic (exact) mass is 241 g/mol. The Labute approximate surface area is 98.1 Å². The molecule has 0 bridgehead atoms. The van der Waals surface area contributed by atoms with Crippen LogP contribution < -0.4 is 5.32 Å². The number of anilines is 1. The van der Waals surface area contributed by atoms with Gasteiger partial charge in [-0.05, 0) is 19.1 Å². The van der Waals surface area contributed by atoms with Crippen molar-refractivity contribution in [1.29, 1.82) is 0 Å². The molecule has 17 heavy (non-hydrogen) atoms. The molecule has 1 aromatic rings. The van der Waals surface area contributed by atoms with Gasteiger partial charge in [0.1, 0.15) is 0 Å². The summed E-state index contributed by atoms with van der Waals surface area (Å²) in [5.74, 6) is -2.38. The number of hydrogen-bond donors (Lipinski definition) is 1. The van der Waals surface area contributed by atoms with Crippen LogP contribution in [0.15, 0.2) is 30.4 Å². The van der Waals surface area contributed by atoms with E-state index in [0.717, 1.165) is 12.1 Å². The molecule has 0 aliphatic carbocycles. The van der Waals surface area contributed by atoms with Crippen LogP contribution in [0.1, 0.15) is 6.92 Å². The van der Waals surface area contributed by atoms with Crippen LogP contribution in [0.2, 0.25) is 0 Å². The SMILES string of the molecule is C=C(CNc1ccc(F)c(F)c1)C(=O)OCC. The Hall–Kier alpha value is -1.91. The van der Waals surface area contributed by atoms with E-state index in [2.05, 4.69) is 11.9 Å². The smallest absolute Gasteiger partial charge is 0.335 e. The van der Waals surface area contributed by atoms with Crippen LogP contribution in [0.4, 0.5) is 14.5 Å². The van der Waals surface area contributed by atoms with Gasteiger partial charge in [-0.15, -0.1) is 0 Å². The van der Waals surface area contributed by atoms with E-state index in [1.54, 1.807) is 6.92 Å². The second-order valence-corrected chi connectivity index (χ2v) is 3.31. The fraction of sp³-hybridized carbons (Fsp3) is 0.250. The Balaban J connectivity index is 2.53. The lowest BCUT2D eigenvalue weighted by Crippen LogP contribution is -2.14. The average Bonchev–Trinajstić information content (AvgIpc) is 2.30. The molecule has 0 saturated carbocycles. The molecule has 92 valence electrons. The van der Waals surface area contributed by atoms with Crippen LogP contribution in [0, 0.1) is 11.6 Å². The number of rotatable bonds is 5. The predicted molar refractivity (Wildman–Crippen MR) is 60.6 cm³/mol. The zero-order valence-corrected chi connectivity index (χ0v) is 9.43. The summed E-state index contributed by atoms with van der Waals surface area (Å²) in [6.07, 6.45) is 0. The van der Waals surface area contributed by atoms with E-state index in [0.29, 0.717) is 5.69 Å². The molecule has 0 saturated heterocycles. The third kappa shape index (κ3) is 3.86. The summed E-state index contributed by atoms with van der Waals surface area (Å²) >= 11 is 0. The molecular weight excluding hydrogens is 228 g/mol. The molecule has 1 rings (SSSR count). The van der Waals surface area contributed by atoms with Crippen LogP contribution >= 0.6 is 0 Å². The first-order valence-corrected chi connectivity index (χ1v) is 5.08. The van der Waals surface area contributed by atoms with E-state index >= 15 is 0 Å². The molecule has 0 amide bonds. The van der Waals surface area contributed by atoms with Crippen molar-refractivity contribution < 1.29 is 18.3 Å². The van der Waals surface area contributed by atoms with Crippen LogP contribution in [0.25, 0.3) is 0 Å². The highest BCUT2D eigenvalue weighted by molar-refractivity contribution is 5.88. The summed E-state index contributed by atoms with van der Waals surface area (Å²) in [4.78, 5) is 11.2. The molecule has 1 N–H and O–H groups in total. The quantitative estimate of drug-likeness (QED) is 0.635. The van der Waals surface area contributed by atoms with Crippen LogP contribution in [0.3, 0.4) is 0 Å². The van der Waals surface area contributed by atoms with Crippen molar-refractivity contribution in [3.05, 3.63) is 42.0 Å². The van der Waals surface area contributed by atoms with Gasteiger partial charge in [0, 0.05) is 23.9 Å². The van der Waals surface area contributed by atoms with Gasteiger partial charge in [-0.1, -0.05) is 6.58 Å². The largest absolute Gasteiger partial charge is 0.463 e. The third-order valence-electron chi connectivity index (χ3n) is 1.99. The number of esters is 1. The summed E-state index contributed by atoms with van der Waals surface area (Å²) in [5, 5.41) is 2.74. The summed E-state index contributed by atoms with van der Waals surface area (Å²) < 4.78 is 30.2. The minimum Gasteiger partial charge on any atom is -0.463 e. The maximum atomic E-state index is 12.9. The fourth-order valence-electron chi connectivity index (χ4n) is 1.12. The van der Waals surface area contributed by atoms with Gasteiger partial charge >= 0.3 is 5.97 Å². The Morgan fingerprint density at radius 2 is 2.12 bits per heavy atom. The number of halogens is 2. The maximum Gasteiger partial charge on any atom is 0.335 e. The summed E-state index contributed by atoms with van der Waals surface area (Å²) in [5.41, 5.74) is 0.589. The normalized spacial score (nSPS) is 9.82. The maximum absolute atomic E-state index is 12.9. The van der Waals surface area contributed by atoms with E-state index in [1.807, 2.05) is 0 Å². The van der Waals surface area contributed by atoms with E-state index in [4.69, 9.17) is 4.74 Å². The van der Waals surface area contributed by atoms with E-state index in [-0.39, 0.29) is 18.7 Å². The molecule has 0 spiro atoms. The van der Waals surface area contributed by atoms with Gasteiger partial charge in [-0.3, -0.25) is 0 Å². The number of carbonyl (C=O) groups excluding carboxylic acids is 1. The molecule has 0 aliphatic heterocycles. The van der Waals surface area contributed by atoms with E-state index in [9.17, 15) is 13.6 Å². The molecule has 0 heterocycles. The number of ether oxygens (including phenoxy) is 1. The summed E-state index contributed by atoms with van der Waals surface area (Å²) in [6, 6.07) is 3.38. The number of benzene rings is 1. The van der Waals surface area contributed by atoms with Gasteiger partial charge in [0.15, 0.2) is 11.6 Å². The lowest BCUT2D eigenvalue weighted by Gasteiger charge is -2.08. The first-order chi connectivity index (χ1) is 8.04. The Bertz CT molecular complexity index is 433. The highest BCUT2D eigenvalue weighted by atomic mass is 19.2. The topological polar surface area (TPSA) is 38.3 Å². The summed E-state index contributed by atoms with van der Waals surface area (Å²) in [7, 11) is 0. The zero-order chi connectivity index (χ0) is 12.8. The van der Waals surface area contributed by atoms with Crippen LogP contribution in [-0.2, 0) is 9.53 Å². The van der Waals surface area contributed by atoms with Gasteiger partial charge in [-0.25, -0.2) is 13.6 Å². The minimum atomic E-state index is -0.947. The number of hydrogen-bond acceptors (Lipinski definition) is 3. The Morgan fingerprint density at radius 3 is 2.71 bits per heavy atom. The molecule has 0 aromatic heterocycles. The van der Waals surface area contributed by atoms with Crippen molar-refractivity contribution in [1.82, 2.24) is 0 Å². The van der Waals surface area contributed by atoms with Crippen LogP contribution in [-0.4, -0.2) is 19.1 Å². The van der Waals surface area contributed by atoms with Gasteiger partial charge in [0.05, 0.1) is 6.61 Å². The van der Waals surface area contributed by atoms with Crippen molar-refractivity contribution in [2.75, 3.05) is 18.5 Å². The van der Waals surface area contributed by atoms with Gasteiger partial charge in [-0.2, -0.15) is 0 Å². The van der Waals surface area contributed by atoms with Crippen molar-refractivity contribution in [2.24, 2.45) is 0 Å². The molecule has 0 aliphatic rings. The molecular formula is C12H13F2NO2. The molecule has 0 fully saturated rings. The highest BCUT2D eigenvalue weighted by Crippen LogP contribution is 2.13. The molecule has 0 atom stereocenters. The lowest BCUT2D eigenvalue weighted by atomic mass is 10.2. The minimum absolute atomic E-state index is 0.115. The number of nitrogens with one attached hydrogen (secondary N) is 1. The summed E-state index contributed by atoms with van der Waals surface area (Å²) in [6.45, 7) is 5.59. The molecule has 3 nitrogen and oxygen atoms in total. The Kier molecular flexibility index (Phi) is 4.63. The molecule has 5 heteroatoms. The lowest BCUT2D eigenvalue weighted by molar-refractivity contribution is -0.138.